The molecule has 24 heavy (non-hydrogen) atoms. The van der Waals surface area contributed by atoms with Gasteiger partial charge in [0.1, 0.15) is 0 Å². The summed E-state index contributed by atoms with van der Waals surface area (Å²) < 4.78 is 2.22. The lowest BCUT2D eigenvalue weighted by atomic mass is 10.0. The van der Waals surface area contributed by atoms with Crippen LogP contribution in [0, 0.1) is 0 Å². The van der Waals surface area contributed by atoms with E-state index in [4.69, 9.17) is 12.2 Å². The molecular formula is C19H18N4S. The fraction of sp³-hybridized carbons (Fsp3) is 0.158. The van der Waals surface area contributed by atoms with Crippen molar-refractivity contribution in [3.8, 4) is 5.69 Å². The first-order chi connectivity index (χ1) is 11.8. The number of hydrogen-bond acceptors (Lipinski definition) is 2. The van der Waals surface area contributed by atoms with Crippen molar-refractivity contribution < 1.29 is 0 Å². The summed E-state index contributed by atoms with van der Waals surface area (Å²) in [5.74, 6) is 0. The molecule has 1 N–H and O–H groups in total. The average Bonchev–Trinajstić information content (AvgIpc) is 3.22. The van der Waals surface area contributed by atoms with Gasteiger partial charge in [0.25, 0.3) is 0 Å². The zero-order chi connectivity index (χ0) is 16.5. The van der Waals surface area contributed by atoms with E-state index in [1.807, 2.05) is 37.5 Å². The zero-order valence-electron chi connectivity index (χ0n) is 13.3. The maximum atomic E-state index is 5.51. The minimum atomic E-state index is 0.0288. The normalized spacial score (nSPS) is 20.2. The van der Waals surface area contributed by atoms with Gasteiger partial charge in [0.15, 0.2) is 5.11 Å². The highest BCUT2D eigenvalue weighted by Crippen LogP contribution is 2.38. The van der Waals surface area contributed by atoms with E-state index < -0.39 is 0 Å². The molecule has 4 rings (SSSR count). The number of likely N-dealkylation sites (N-methyl/N-ethyl adjacent to an activating group) is 1. The van der Waals surface area contributed by atoms with Crippen molar-refractivity contribution in [1.82, 2.24) is 19.8 Å². The van der Waals surface area contributed by atoms with Crippen LogP contribution in [0.5, 0.6) is 0 Å². The van der Waals surface area contributed by atoms with Crippen molar-refractivity contribution >= 4 is 17.3 Å². The zero-order valence-corrected chi connectivity index (χ0v) is 14.1. The molecule has 0 unspecified atom stereocenters. The molecule has 4 nitrogen and oxygen atoms in total. The van der Waals surface area contributed by atoms with Crippen LogP contribution >= 0.6 is 12.2 Å². The standard InChI is InChI=1S/C19H18N4S/c1-22-18(17(21-19(22)24)15-10-5-6-12-20-15)16-11-7-13-23(16)14-8-3-2-4-9-14/h2-13,17-18H,1H3,(H,21,24)/t17-,18-/m0/s1. The van der Waals surface area contributed by atoms with Gasteiger partial charge in [0.05, 0.1) is 17.8 Å². The topological polar surface area (TPSA) is 33.1 Å². The highest BCUT2D eigenvalue weighted by atomic mass is 32.1. The molecule has 0 spiro atoms. The number of rotatable bonds is 3. The molecule has 0 saturated carbocycles. The molecule has 0 radical (unpaired) electrons. The molecule has 0 bridgehead atoms. The molecule has 1 aliphatic rings. The van der Waals surface area contributed by atoms with Crippen molar-refractivity contribution in [3.05, 3.63) is 84.4 Å². The van der Waals surface area contributed by atoms with Crippen LogP contribution in [0.25, 0.3) is 5.69 Å². The molecule has 3 heterocycles. The summed E-state index contributed by atoms with van der Waals surface area (Å²) in [7, 11) is 2.03. The number of thiocarbonyl (C=S) groups is 1. The summed E-state index contributed by atoms with van der Waals surface area (Å²) in [4.78, 5) is 6.65. The third-order valence-corrected chi connectivity index (χ3v) is 4.86. The van der Waals surface area contributed by atoms with Gasteiger partial charge in [-0.25, -0.2) is 0 Å². The molecule has 1 aliphatic heterocycles. The predicted octanol–water partition coefficient (Wildman–Crippen LogP) is 3.47. The maximum Gasteiger partial charge on any atom is 0.169 e. The second-order valence-electron chi connectivity index (χ2n) is 5.88. The highest BCUT2D eigenvalue weighted by molar-refractivity contribution is 7.80. The van der Waals surface area contributed by atoms with Gasteiger partial charge in [0.2, 0.25) is 0 Å². The number of aromatic nitrogens is 2. The summed E-state index contributed by atoms with van der Waals surface area (Å²) in [6.07, 6.45) is 3.92. The fourth-order valence-corrected chi connectivity index (χ4v) is 3.53. The highest BCUT2D eigenvalue weighted by Gasteiger charge is 2.39. The van der Waals surface area contributed by atoms with E-state index >= 15 is 0 Å². The maximum absolute atomic E-state index is 5.51. The van der Waals surface area contributed by atoms with E-state index in [0.717, 1.165) is 16.5 Å². The van der Waals surface area contributed by atoms with Gasteiger partial charge in [-0.3, -0.25) is 4.98 Å². The van der Waals surface area contributed by atoms with Crippen molar-refractivity contribution in [1.29, 1.82) is 0 Å². The van der Waals surface area contributed by atoms with E-state index in [2.05, 4.69) is 62.4 Å². The Morgan fingerprint density at radius 3 is 2.54 bits per heavy atom. The lowest BCUT2D eigenvalue weighted by Crippen LogP contribution is -2.25. The molecule has 0 aliphatic carbocycles. The van der Waals surface area contributed by atoms with Crippen LogP contribution in [0.15, 0.2) is 73.1 Å². The van der Waals surface area contributed by atoms with Crippen LogP contribution < -0.4 is 5.32 Å². The monoisotopic (exact) mass is 334 g/mol. The van der Waals surface area contributed by atoms with Crippen LogP contribution in [0.4, 0.5) is 0 Å². The van der Waals surface area contributed by atoms with E-state index in [1.165, 1.54) is 5.69 Å². The Kier molecular flexibility index (Phi) is 3.78. The minimum Gasteiger partial charge on any atom is -0.352 e. The number of nitrogens with zero attached hydrogens (tertiary/aromatic N) is 3. The van der Waals surface area contributed by atoms with Crippen LogP contribution in [0.3, 0.4) is 0 Å². The van der Waals surface area contributed by atoms with E-state index in [1.54, 1.807) is 0 Å². The molecule has 2 aromatic heterocycles. The van der Waals surface area contributed by atoms with Crippen LogP contribution in [-0.4, -0.2) is 26.6 Å². The molecule has 120 valence electrons. The van der Waals surface area contributed by atoms with Crippen molar-refractivity contribution in [2.24, 2.45) is 0 Å². The first-order valence-corrected chi connectivity index (χ1v) is 8.33. The summed E-state index contributed by atoms with van der Waals surface area (Å²) >= 11 is 5.51. The Labute approximate surface area is 146 Å². The van der Waals surface area contributed by atoms with Gasteiger partial charge in [-0.1, -0.05) is 24.3 Å². The van der Waals surface area contributed by atoms with Crippen molar-refractivity contribution in [2.45, 2.75) is 12.1 Å². The van der Waals surface area contributed by atoms with Crippen LogP contribution in [0.2, 0.25) is 0 Å². The quantitative estimate of drug-likeness (QED) is 0.744. The Bertz CT molecular complexity index is 844. The number of nitrogens with one attached hydrogen (secondary N) is 1. The van der Waals surface area contributed by atoms with Crippen LogP contribution in [-0.2, 0) is 0 Å². The summed E-state index contributed by atoms with van der Waals surface area (Å²) in [5, 5.41) is 4.17. The lowest BCUT2D eigenvalue weighted by molar-refractivity contribution is 0.357. The Morgan fingerprint density at radius 1 is 1.00 bits per heavy atom. The van der Waals surface area contributed by atoms with Crippen molar-refractivity contribution in [2.75, 3.05) is 7.05 Å². The molecule has 3 aromatic rings. The number of pyridine rings is 1. The van der Waals surface area contributed by atoms with E-state index in [9.17, 15) is 0 Å². The third-order valence-electron chi connectivity index (χ3n) is 4.46. The summed E-state index contributed by atoms with van der Waals surface area (Å²) in [6, 6.07) is 20.7. The predicted molar refractivity (Wildman–Crippen MR) is 99.0 cm³/mol. The van der Waals surface area contributed by atoms with Gasteiger partial charge in [-0.05, 0) is 48.6 Å². The average molecular weight is 334 g/mol. The molecule has 0 amide bonds. The molecule has 5 heteroatoms. The van der Waals surface area contributed by atoms with Gasteiger partial charge in [0, 0.05) is 30.8 Å². The van der Waals surface area contributed by atoms with Gasteiger partial charge >= 0.3 is 0 Å². The molecule has 1 aromatic carbocycles. The number of benzene rings is 1. The van der Waals surface area contributed by atoms with Crippen molar-refractivity contribution in [3.63, 3.8) is 0 Å². The summed E-state index contributed by atoms with van der Waals surface area (Å²) in [6.45, 7) is 0. The van der Waals surface area contributed by atoms with Crippen LogP contribution in [0.1, 0.15) is 23.5 Å². The number of para-hydroxylation sites is 1. The van der Waals surface area contributed by atoms with E-state index in [0.29, 0.717) is 0 Å². The first-order valence-electron chi connectivity index (χ1n) is 7.92. The second-order valence-corrected chi connectivity index (χ2v) is 6.26. The Hall–Kier alpha value is -2.66. The SMILES string of the molecule is CN1C(=S)N[C@@H](c2ccccn2)[C@@H]1c1cccn1-c1ccccc1. The van der Waals surface area contributed by atoms with Gasteiger partial charge < -0.3 is 14.8 Å². The second kappa shape index (κ2) is 6.09. The van der Waals surface area contributed by atoms with E-state index in [-0.39, 0.29) is 12.1 Å². The molecule has 1 saturated heterocycles. The lowest BCUT2D eigenvalue weighted by Gasteiger charge is -2.25. The van der Waals surface area contributed by atoms with Gasteiger partial charge in [-0.2, -0.15) is 0 Å². The third kappa shape index (κ3) is 2.47. The fourth-order valence-electron chi connectivity index (χ4n) is 3.29. The Morgan fingerprint density at radius 2 is 1.79 bits per heavy atom. The summed E-state index contributed by atoms with van der Waals surface area (Å²) in [5.41, 5.74) is 3.32. The first kappa shape index (κ1) is 14.9. The Balaban J connectivity index is 1.80. The van der Waals surface area contributed by atoms with Gasteiger partial charge in [-0.15, -0.1) is 0 Å². The smallest absolute Gasteiger partial charge is 0.169 e. The molecule has 1 fully saturated rings. The largest absolute Gasteiger partial charge is 0.352 e. The number of hydrogen-bond donors (Lipinski definition) is 1. The molecule has 2 atom stereocenters. The minimum absolute atomic E-state index is 0.0288. The molecular weight excluding hydrogens is 316 g/mol.